The lowest BCUT2D eigenvalue weighted by molar-refractivity contribution is -0.131. The van der Waals surface area contributed by atoms with Crippen LogP contribution in [-0.4, -0.2) is 53.5 Å². The number of methoxy groups -OCH3 is 1. The fraction of sp³-hybridized carbons (Fsp3) is 0.455. The van der Waals surface area contributed by atoms with Crippen molar-refractivity contribution < 1.29 is 19.1 Å². The molecule has 164 valence electrons. The van der Waals surface area contributed by atoms with Crippen molar-refractivity contribution in [3.05, 3.63) is 35.2 Å². The molecule has 1 aliphatic heterocycles. The third kappa shape index (κ3) is 4.62. The van der Waals surface area contributed by atoms with Crippen LogP contribution >= 0.6 is 11.3 Å². The molecule has 8 nitrogen and oxygen atoms in total. The lowest BCUT2D eigenvalue weighted by atomic mass is 9.98. The van der Waals surface area contributed by atoms with Crippen molar-refractivity contribution in [2.75, 3.05) is 25.6 Å². The van der Waals surface area contributed by atoms with Gasteiger partial charge in [-0.05, 0) is 24.8 Å². The summed E-state index contributed by atoms with van der Waals surface area (Å²) in [6, 6.07) is 7.69. The summed E-state index contributed by atoms with van der Waals surface area (Å²) in [4.78, 5) is 42.9. The van der Waals surface area contributed by atoms with Crippen LogP contribution in [0.25, 0.3) is 11.3 Å². The topological polar surface area (TPSA) is 101 Å². The van der Waals surface area contributed by atoms with Gasteiger partial charge in [-0.3, -0.25) is 14.5 Å². The van der Waals surface area contributed by atoms with Gasteiger partial charge in [0.15, 0.2) is 5.13 Å². The van der Waals surface area contributed by atoms with E-state index in [9.17, 15) is 14.4 Å². The zero-order valence-electron chi connectivity index (χ0n) is 17.5. The van der Waals surface area contributed by atoms with Crippen LogP contribution < -0.4 is 10.6 Å². The lowest BCUT2D eigenvalue weighted by Gasteiger charge is -2.19. The number of carbonyl (C=O) groups is 3. The van der Waals surface area contributed by atoms with Crippen molar-refractivity contribution in [3.8, 4) is 11.3 Å². The van der Waals surface area contributed by atoms with E-state index < -0.39 is 11.6 Å². The number of amides is 4. The Hall–Kier alpha value is -2.78. The maximum Gasteiger partial charge on any atom is 0.325 e. The first-order valence-corrected chi connectivity index (χ1v) is 11.4. The minimum atomic E-state index is -0.739. The molecule has 2 aliphatic rings. The summed E-state index contributed by atoms with van der Waals surface area (Å²) in [6.07, 6.45) is 4.11. The van der Waals surface area contributed by atoms with Crippen molar-refractivity contribution >= 4 is 34.3 Å². The standard InChI is InChI=1S/C22H26N4O4S/c1-30-13-9-15-4-6-16(7-5-15)17-14-31-20(23-17)24-18(27)8-12-26-19(28)22(25-21(26)29)10-2-3-11-22/h4-7,14H,2-3,8-13H2,1H3,(H,25,29)(H,23,24,27). The fourth-order valence-electron chi connectivity index (χ4n) is 4.12. The predicted molar refractivity (Wildman–Crippen MR) is 118 cm³/mol. The molecule has 1 saturated carbocycles. The number of hydrogen-bond acceptors (Lipinski definition) is 6. The van der Waals surface area contributed by atoms with Crippen LogP contribution in [0.15, 0.2) is 29.6 Å². The van der Waals surface area contributed by atoms with Crippen LogP contribution in [0, 0.1) is 0 Å². The molecule has 2 heterocycles. The number of imide groups is 1. The van der Waals surface area contributed by atoms with Gasteiger partial charge in [-0.2, -0.15) is 0 Å². The highest BCUT2D eigenvalue weighted by Crippen LogP contribution is 2.35. The van der Waals surface area contributed by atoms with E-state index in [-0.39, 0.29) is 24.8 Å². The summed E-state index contributed by atoms with van der Waals surface area (Å²) in [5, 5.41) is 7.98. The molecule has 4 amide bonds. The van der Waals surface area contributed by atoms with Crippen LogP contribution in [0.5, 0.6) is 0 Å². The molecule has 1 saturated heterocycles. The normalized spacial score (nSPS) is 17.4. The zero-order chi connectivity index (χ0) is 21.8. The van der Waals surface area contributed by atoms with E-state index in [0.29, 0.717) is 24.6 Å². The summed E-state index contributed by atoms with van der Waals surface area (Å²) in [5.74, 6) is -0.475. The number of anilines is 1. The first-order chi connectivity index (χ1) is 15.0. The molecule has 9 heteroatoms. The van der Waals surface area contributed by atoms with Gasteiger partial charge in [0.25, 0.3) is 5.91 Å². The van der Waals surface area contributed by atoms with Gasteiger partial charge in [0.2, 0.25) is 5.91 Å². The molecular formula is C22H26N4O4S. The number of aromatic nitrogens is 1. The third-order valence-corrected chi connectivity index (χ3v) is 6.62. The Morgan fingerprint density at radius 3 is 2.71 bits per heavy atom. The molecule has 2 N–H and O–H groups in total. The Labute approximate surface area is 185 Å². The minimum absolute atomic E-state index is 0.0400. The number of hydrogen-bond donors (Lipinski definition) is 2. The average molecular weight is 443 g/mol. The number of thiazole rings is 1. The molecule has 2 aromatic rings. The van der Waals surface area contributed by atoms with E-state index in [1.54, 1.807) is 7.11 Å². The molecule has 0 bridgehead atoms. The van der Waals surface area contributed by atoms with E-state index in [1.165, 1.54) is 21.8 Å². The number of nitrogens with zero attached hydrogens (tertiary/aromatic N) is 2. The number of urea groups is 1. The van der Waals surface area contributed by atoms with Gasteiger partial charge in [0.05, 0.1) is 12.3 Å². The quantitative estimate of drug-likeness (QED) is 0.612. The molecule has 1 spiro atoms. The molecular weight excluding hydrogens is 416 g/mol. The third-order valence-electron chi connectivity index (χ3n) is 5.86. The van der Waals surface area contributed by atoms with Crippen molar-refractivity contribution in [2.24, 2.45) is 0 Å². The number of ether oxygens (including phenoxy) is 1. The highest BCUT2D eigenvalue weighted by Gasteiger charge is 2.52. The van der Waals surface area contributed by atoms with Crippen molar-refractivity contribution in [1.82, 2.24) is 15.2 Å². The fourth-order valence-corrected chi connectivity index (χ4v) is 4.85. The van der Waals surface area contributed by atoms with Crippen molar-refractivity contribution in [3.63, 3.8) is 0 Å². The summed E-state index contributed by atoms with van der Waals surface area (Å²) in [7, 11) is 1.68. The molecule has 0 unspecified atom stereocenters. The van der Waals surface area contributed by atoms with Crippen LogP contribution in [0.4, 0.5) is 9.93 Å². The second-order valence-corrected chi connectivity index (χ2v) is 8.81. The number of nitrogens with one attached hydrogen (secondary N) is 2. The maximum absolute atomic E-state index is 12.6. The number of rotatable bonds is 8. The van der Waals surface area contributed by atoms with Gasteiger partial charge in [0, 0.05) is 31.0 Å². The maximum atomic E-state index is 12.6. The molecule has 1 aromatic carbocycles. The Kier molecular flexibility index (Phi) is 6.33. The molecule has 31 heavy (non-hydrogen) atoms. The van der Waals surface area contributed by atoms with Crippen molar-refractivity contribution in [2.45, 2.75) is 44.1 Å². The van der Waals surface area contributed by atoms with Gasteiger partial charge < -0.3 is 15.4 Å². The van der Waals surface area contributed by atoms with E-state index >= 15 is 0 Å². The van der Waals surface area contributed by atoms with E-state index in [2.05, 4.69) is 15.6 Å². The van der Waals surface area contributed by atoms with E-state index in [1.807, 2.05) is 29.6 Å². The van der Waals surface area contributed by atoms with Crippen LogP contribution in [0.2, 0.25) is 0 Å². The molecule has 1 aromatic heterocycles. The Balaban J connectivity index is 1.30. The molecule has 4 rings (SSSR count). The molecule has 0 atom stereocenters. The highest BCUT2D eigenvalue weighted by molar-refractivity contribution is 7.14. The second-order valence-electron chi connectivity index (χ2n) is 7.95. The van der Waals surface area contributed by atoms with Crippen LogP contribution in [-0.2, 0) is 20.7 Å². The summed E-state index contributed by atoms with van der Waals surface area (Å²) < 4.78 is 5.09. The molecule has 0 radical (unpaired) electrons. The summed E-state index contributed by atoms with van der Waals surface area (Å²) in [6.45, 7) is 0.747. The first kappa shape index (κ1) is 21.5. The Morgan fingerprint density at radius 1 is 1.26 bits per heavy atom. The van der Waals surface area contributed by atoms with Gasteiger partial charge in [-0.25, -0.2) is 9.78 Å². The van der Waals surface area contributed by atoms with Gasteiger partial charge in [0.1, 0.15) is 5.54 Å². The first-order valence-electron chi connectivity index (χ1n) is 10.5. The van der Waals surface area contributed by atoms with Crippen LogP contribution in [0.1, 0.15) is 37.7 Å². The summed E-state index contributed by atoms with van der Waals surface area (Å²) in [5.41, 5.74) is 2.21. The predicted octanol–water partition coefficient (Wildman–Crippen LogP) is 3.19. The second kappa shape index (κ2) is 9.15. The monoisotopic (exact) mass is 442 g/mol. The summed E-state index contributed by atoms with van der Waals surface area (Å²) >= 11 is 1.34. The van der Waals surface area contributed by atoms with Crippen LogP contribution in [0.3, 0.4) is 0 Å². The molecule has 2 fully saturated rings. The Morgan fingerprint density at radius 2 is 2.00 bits per heavy atom. The lowest BCUT2D eigenvalue weighted by Crippen LogP contribution is -2.44. The van der Waals surface area contributed by atoms with Crippen molar-refractivity contribution in [1.29, 1.82) is 0 Å². The average Bonchev–Trinajstić information content (AvgIpc) is 3.47. The van der Waals surface area contributed by atoms with Gasteiger partial charge in [-0.15, -0.1) is 11.3 Å². The smallest absolute Gasteiger partial charge is 0.325 e. The SMILES string of the molecule is COCCc1ccc(-c2csc(NC(=O)CCN3C(=O)NC4(CCCC4)C3=O)n2)cc1. The van der Waals surface area contributed by atoms with Gasteiger partial charge in [-0.1, -0.05) is 37.1 Å². The van der Waals surface area contributed by atoms with E-state index in [0.717, 1.165) is 30.5 Å². The Bertz CT molecular complexity index is 966. The number of benzene rings is 1. The zero-order valence-corrected chi connectivity index (χ0v) is 18.3. The molecule has 1 aliphatic carbocycles. The number of carbonyl (C=O) groups excluding carboxylic acids is 3. The van der Waals surface area contributed by atoms with E-state index in [4.69, 9.17) is 4.74 Å². The van der Waals surface area contributed by atoms with Gasteiger partial charge >= 0.3 is 6.03 Å². The largest absolute Gasteiger partial charge is 0.384 e. The highest BCUT2D eigenvalue weighted by atomic mass is 32.1. The minimum Gasteiger partial charge on any atom is -0.384 e.